The Balaban J connectivity index is 2.01. The van der Waals surface area contributed by atoms with E-state index in [0.29, 0.717) is 11.5 Å². The number of nitro groups is 1. The minimum Gasteiger partial charge on any atom is -0.461 e. The molecule has 0 unspecified atom stereocenters. The second-order valence-electron chi connectivity index (χ2n) is 5.76. The topological polar surface area (TPSA) is 97.1 Å². The number of nitro benzene ring substituents is 1. The number of allylic oxidation sites excluding steroid dienone is 1. The molecule has 0 amide bonds. The second kappa shape index (κ2) is 7.50. The summed E-state index contributed by atoms with van der Waals surface area (Å²) in [6.45, 7) is 1.64. The van der Waals surface area contributed by atoms with E-state index in [1.807, 2.05) is 36.4 Å². The van der Waals surface area contributed by atoms with Gasteiger partial charge in [0.1, 0.15) is 23.2 Å². The molecule has 0 N–H and O–H groups in total. The zero-order chi connectivity index (χ0) is 19.4. The molecule has 3 aromatic rings. The van der Waals surface area contributed by atoms with Crippen LogP contribution in [-0.4, -0.2) is 10.7 Å². The Hall–Kier alpha value is -3.98. The number of carbonyl (C=O) groups excluding carboxylic acids is 1. The molecule has 1 heterocycles. The number of carbonyl (C=O) groups is 1. The van der Waals surface area contributed by atoms with E-state index in [-0.39, 0.29) is 22.4 Å². The van der Waals surface area contributed by atoms with Gasteiger partial charge in [-0.25, -0.2) is 0 Å². The number of Topliss-reactive ketones (excluding diaryl/α,β-unsaturated/α-hetero) is 1. The number of nitriles is 1. The lowest BCUT2D eigenvalue weighted by atomic mass is 10.0. The minimum atomic E-state index is -0.554. The third kappa shape index (κ3) is 3.67. The van der Waals surface area contributed by atoms with E-state index in [9.17, 15) is 20.2 Å². The molecule has 0 fully saturated rings. The van der Waals surface area contributed by atoms with E-state index in [1.165, 1.54) is 24.3 Å². The van der Waals surface area contributed by atoms with Crippen LogP contribution in [0.25, 0.3) is 17.4 Å². The summed E-state index contributed by atoms with van der Waals surface area (Å²) in [5.74, 6) is 0.348. The fraction of sp³-hybridized carbons (Fsp3) is 0.0476. The number of ketones is 1. The monoisotopic (exact) mass is 358 g/mol. The van der Waals surface area contributed by atoms with Crippen molar-refractivity contribution in [1.82, 2.24) is 0 Å². The van der Waals surface area contributed by atoms with Crippen molar-refractivity contribution >= 4 is 17.5 Å². The van der Waals surface area contributed by atoms with Crippen LogP contribution in [0.1, 0.15) is 21.7 Å². The van der Waals surface area contributed by atoms with Crippen LogP contribution >= 0.6 is 0 Å². The van der Waals surface area contributed by atoms with Crippen molar-refractivity contribution < 1.29 is 14.1 Å². The number of furan rings is 1. The van der Waals surface area contributed by atoms with E-state index >= 15 is 0 Å². The average Bonchev–Trinajstić information content (AvgIpc) is 3.08. The second-order valence-corrected chi connectivity index (χ2v) is 5.76. The summed E-state index contributed by atoms with van der Waals surface area (Å²) in [6, 6.07) is 18.6. The van der Waals surface area contributed by atoms with Gasteiger partial charge in [0.25, 0.3) is 5.69 Å². The molecule has 0 aliphatic rings. The number of hydrogen-bond donors (Lipinski definition) is 0. The van der Waals surface area contributed by atoms with Crippen LogP contribution in [0.5, 0.6) is 0 Å². The van der Waals surface area contributed by atoms with Gasteiger partial charge in [0.05, 0.1) is 16.1 Å². The van der Waals surface area contributed by atoms with Crippen molar-refractivity contribution in [2.24, 2.45) is 0 Å². The maximum atomic E-state index is 12.8. The van der Waals surface area contributed by atoms with E-state index < -0.39 is 10.7 Å². The van der Waals surface area contributed by atoms with Gasteiger partial charge in [-0.05, 0) is 25.1 Å². The molecule has 0 atom stereocenters. The van der Waals surface area contributed by atoms with Crippen molar-refractivity contribution in [3.8, 4) is 17.4 Å². The Labute approximate surface area is 155 Å². The van der Waals surface area contributed by atoms with Crippen LogP contribution in [0, 0.1) is 28.4 Å². The van der Waals surface area contributed by atoms with Crippen LogP contribution in [0.4, 0.5) is 5.69 Å². The molecule has 0 saturated heterocycles. The molecule has 0 radical (unpaired) electrons. The highest BCUT2D eigenvalue weighted by Gasteiger charge is 2.21. The molecular formula is C21H14N2O4. The summed E-state index contributed by atoms with van der Waals surface area (Å²) in [6.07, 6.45) is 1.23. The largest absolute Gasteiger partial charge is 0.461 e. The smallest absolute Gasteiger partial charge is 0.276 e. The Bertz CT molecular complexity index is 1090. The fourth-order valence-corrected chi connectivity index (χ4v) is 2.68. The molecule has 2 aromatic carbocycles. The van der Waals surface area contributed by atoms with Crippen LogP contribution in [-0.2, 0) is 0 Å². The normalized spacial score (nSPS) is 11.0. The molecular weight excluding hydrogens is 344 g/mol. The molecule has 132 valence electrons. The molecule has 0 spiro atoms. The summed E-state index contributed by atoms with van der Waals surface area (Å²) in [5.41, 5.74) is 0.873. The Morgan fingerprint density at radius 3 is 2.48 bits per heavy atom. The highest BCUT2D eigenvalue weighted by atomic mass is 16.6. The summed E-state index contributed by atoms with van der Waals surface area (Å²) in [5, 5.41) is 20.6. The van der Waals surface area contributed by atoms with Gasteiger partial charge in [0, 0.05) is 11.6 Å². The van der Waals surface area contributed by atoms with Crippen molar-refractivity contribution in [3.05, 3.63) is 93.2 Å². The average molecular weight is 358 g/mol. The van der Waals surface area contributed by atoms with Gasteiger partial charge in [0.2, 0.25) is 5.78 Å². The Kier molecular flexibility index (Phi) is 4.95. The van der Waals surface area contributed by atoms with Crippen molar-refractivity contribution in [3.63, 3.8) is 0 Å². The van der Waals surface area contributed by atoms with Crippen molar-refractivity contribution in [2.75, 3.05) is 0 Å². The van der Waals surface area contributed by atoms with E-state index in [2.05, 4.69) is 0 Å². The van der Waals surface area contributed by atoms with E-state index in [0.717, 1.165) is 5.56 Å². The lowest BCUT2D eigenvalue weighted by molar-refractivity contribution is -0.385. The highest BCUT2D eigenvalue weighted by molar-refractivity contribution is 6.15. The van der Waals surface area contributed by atoms with E-state index in [4.69, 9.17) is 4.42 Å². The first-order valence-corrected chi connectivity index (χ1v) is 8.07. The maximum Gasteiger partial charge on any atom is 0.276 e. The number of nitrogens with zero attached hydrogens (tertiary/aromatic N) is 2. The van der Waals surface area contributed by atoms with Gasteiger partial charge in [0.15, 0.2) is 0 Å². The zero-order valence-corrected chi connectivity index (χ0v) is 14.4. The number of aryl methyl sites for hydroxylation is 1. The number of hydrogen-bond acceptors (Lipinski definition) is 5. The van der Waals surface area contributed by atoms with Crippen molar-refractivity contribution in [2.45, 2.75) is 6.92 Å². The lowest BCUT2D eigenvalue weighted by Gasteiger charge is -1.99. The number of para-hydroxylation sites is 1. The fourth-order valence-electron chi connectivity index (χ4n) is 2.68. The summed E-state index contributed by atoms with van der Waals surface area (Å²) >= 11 is 0. The summed E-state index contributed by atoms with van der Waals surface area (Å²) in [7, 11) is 0. The first-order chi connectivity index (χ1) is 13.0. The standard InChI is InChI=1S/C21H14N2O4/c1-14-18(12-20(27-14)15-7-3-2-4-8-15)21(24)17(13-22)11-16-9-5-6-10-19(16)23(25)26/h2-12H,1H3. The molecule has 6 nitrogen and oxygen atoms in total. The highest BCUT2D eigenvalue weighted by Crippen LogP contribution is 2.28. The number of benzene rings is 2. The molecule has 0 bridgehead atoms. The first kappa shape index (κ1) is 17.8. The number of rotatable bonds is 5. The summed E-state index contributed by atoms with van der Waals surface area (Å²) < 4.78 is 5.66. The van der Waals surface area contributed by atoms with Crippen LogP contribution in [0.2, 0.25) is 0 Å². The van der Waals surface area contributed by atoms with Crippen LogP contribution < -0.4 is 0 Å². The van der Waals surface area contributed by atoms with Gasteiger partial charge < -0.3 is 4.42 Å². The minimum absolute atomic E-state index is 0.174. The van der Waals surface area contributed by atoms with Gasteiger partial charge >= 0.3 is 0 Å². The molecule has 0 aliphatic heterocycles. The van der Waals surface area contributed by atoms with Crippen LogP contribution in [0.15, 0.2) is 70.7 Å². The predicted molar refractivity (Wildman–Crippen MR) is 99.9 cm³/mol. The van der Waals surface area contributed by atoms with Gasteiger partial charge in [-0.3, -0.25) is 14.9 Å². The molecule has 3 rings (SSSR count). The first-order valence-electron chi connectivity index (χ1n) is 8.07. The third-order valence-corrected chi connectivity index (χ3v) is 4.02. The lowest BCUT2D eigenvalue weighted by Crippen LogP contribution is -2.02. The molecule has 27 heavy (non-hydrogen) atoms. The SMILES string of the molecule is Cc1oc(-c2ccccc2)cc1C(=O)C(C#N)=Cc1ccccc1[N+](=O)[O-]. The predicted octanol–water partition coefficient (Wildman–Crippen LogP) is 4.95. The van der Waals surface area contributed by atoms with E-state index in [1.54, 1.807) is 19.1 Å². The maximum absolute atomic E-state index is 12.8. The van der Waals surface area contributed by atoms with Gasteiger partial charge in [-0.15, -0.1) is 0 Å². The Morgan fingerprint density at radius 1 is 1.15 bits per heavy atom. The van der Waals surface area contributed by atoms with Gasteiger partial charge in [-0.2, -0.15) is 5.26 Å². The van der Waals surface area contributed by atoms with Crippen molar-refractivity contribution in [1.29, 1.82) is 5.26 Å². The molecule has 0 aliphatic carbocycles. The summed E-state index contributed by atoms with van der Waals surface area (Å²) in [4.78, 5) is 23.4. The van der Waals surface area contributed by atoms with Crippen LogP contribution in [0.3, 0.4) is 0 Å². The molecule has 0 saturated carbocycles. The zero-order valence-electron chi connectivity index (χ0n) is 14.4. The Morgan fingerprint density at radius 2 is 1.81 bits per heavy atom. The molecule has 6 heteroatoms. The molecule has 1 aromatic heterocycles. The van der Waals surface area contributed by atoms with Gasteiger partial charge in [-0.1, -0.05) is 42.5 Å². The third-order valence-electron chi connectivity index (χ3n) is 4.02. The quantitative estimate of drug-likeness (QED) is 0.211.